The molecule has 2 heterocycles. The maximum Gasteiger partial charge on any atom is 0.292 e. The number of aliphatic hydroxyl groups is 1. The van der Waals surface area contributed by atoms with Crippen molar-refractivity contribution in [2.45, 2.75) is 57.8 Å². The molecule has 1 aromatic carbocycles. The Balaban J connectivity index is 1.92. The Morgan fingerprint density at radius 1 is 1.30 bits per heavy atom. The minimum atomic E-state index is -0.320. The van der Waals surface area contributed by atoms with Crippen LogP contribution in [0.15, 0.2) is 18.2 Å². The summed E-state index contributed by atoms with van der Waals surface area (Å²) in [5.74, 6) is 0. The van der Waals surface area contributed by atoms with Gasteiger partial charge in [0.25, 0.3) is 5.69 Å². The summed E-state index contributed by atoms with van der Waals surface area (Å²) in [4.78, 5) is 15.8. The first kappa shape index (κ1) is 16.2. The molecule has 2 bridgehead atoms. The van der Waals surface area contributed by atoms with Gasteiger partial charge in [0.05, 0.1) is 11.5 Å². The second-order valence-electron chi connectivity index (χ2n) is 6.90. The summed E-state index contributed by atoms with van der Waals surface area (Å²) >= 11 is 0. The summed E-state index contributed by atoms with van der Waals surface area (Å²) in [7, 11) is 0. The van der Waals surface area contributed by atoms with Gasteiger partial charge in [0, 0.05) is 37.3 Å². The average molecular weight is 319 g/mol. The molecule has 2 unspecified atom stereocenters. The molecule has 1 N–H and O–H groups in total. The molecule has 0 spiro atoms. The summed E-state index contributed by atoms with van der Waals surface area (Å²) < 4.78 is 0. The number of aliphatic hydroxyl groups excluding tert-OH is 1. The molecule has 1 aromatic rings. The lowest BCUT2D eigenvalue weighted by molar-refractivity contribution is -0.384. The first-order valence-electron chi connectivity index (χ1n) is 8.41. The molecule has 6 nitrogen and oxygen atoms in total. The number of hydrogen-bond acceptors (Lipinski definition) is 5. The second-order valence-corrected chi connectivity index (χ2v) is 6.90. The molecular formula is C17H25N3O3. The van der Waals surface area contributed by atoms with E-state index < -0.39 is 0 Å². The van der Waals surface area contributed by atoms with Gasteiger partial charge in [0.2, 0.25) is 0 Å². The van der Waals surface area contributed by atoms with Gasteiger partial charge in [-0.15, -0.1) is 0 Å². The zero-order chi connectivity index (χ0) is 16.6. The van der Waals surface area contributed by atoms with E-state index in [0.29, 0.717) is 23.8 Å². The summed E-state index contributed by atoms with van der Waals surface area (Å²) in [6.45, 7) is 6.03. The van der Waals surface area contributed by atoms with Crippen molar-refractivity contribution >= 4 is 11.4 Å². The number of anilines is 1. The average Bonchev–Trinajstić information content (AvgIpc) is 2.81. The molecule has 2 atom stereocenters. The highest BCUT2D eigenvalue weighted by molar-refractivity contribution is 5.64. The third kappa shape index (κ3) is 3.05. The van der Waals surface area contributed by atoms with E-state index in [1.165, 1.54) is 12.5 Å². The first-order chi connectivity index (χ1) is 11.0. The Labute approximate surface area is 136 Å². The number of nitrogens with zero attached hydrogens (tertiary/aromatic N) is 3. The Hall–Kier alpha value is -1.66. The van der Waals surface area contributed by atoms with E-state index in [-0.39, 0.29) is 17.2 Å². The van der Waals surface area contributed by atoms with E-state index in [0.717, 1.165) is 31.5 Å². The van der Waals surface area contributed by atoms with Crippen molar-refractivity contribution in [3.8, 4) is 0 Å². The second kappa shape index (κ2) is 6.45. The monoisotopic (exact) mass is 319 g/mol. The van der Waals surface area contributed by atoms with E-state index in [1.807, 2.05) is 0 Å². The number of hydrogen-bond donors (Lipinski definition) is 1. The third-order valence-corrected chi connectivity index (χ3v) is 5.20. The van der Waals surface area contributed by atoms with Crippen LogP contribution in [0.5, 0.6) is 0 Å². The molecule has 0 radical (unpaired) electrons. The lowest BCUT2D eigenvalue weighted by Crippen LogP contribution is -2.43. The van der Waals surface area contributed by atoms with E-state index in [2.05, 4.69) is 23.6 Å². The van der Waals surface area contributed by atoms with Crippen molar-refractivity contribution in [1.82, 2.24) is 4.90 Å². The van der Waals surface area contributed by atoms with Gasteiger partial charge in [0.1, 0.15) is 5.69 Å². The third-order valence-electron chi connectivity index (χ3n) is 5.20. The smallest absolute Gasteiger partial charge is 0.292 e. The van der Waals surface area contributed by atoms with E-state index in [9.17, 15) is 15.2 Å². The molecule has 23 heavy (non-hydrogen) atoms. The van der Waals surface area contributed by atoms with Gasteiger partial charge < -0.3 is 10.0 Å². The van der Waals surface area contributed by atoms with E-state index >= 15 is 0 Å². The predicted octanol–water partition coefficient (Wildman–Crippen LogP) is 2.54. The number of fused-ring (bicyclic) bond motifs is 2. The molecule has 2 aliphatic heterocycles. The van der Waals surface area contributed by atoms with Crippen LogP contribution in [0.1, 0.15) is 38.7 Å². The van der Waals surface area contributed by atoms with Crippen molar-refractivity contribution in [2.75, 3.05) is 18.0 Å². The van der Waals surface area contributed by atoms with Crippen LogP contribution in [0.2, 0.25) is 0 Å². The van der Waals surface area contributed by atoms with Crippen LogP contribution in [-0.2, 0) is 6.61 Å². The summed E-state index contributed by atoms with van der Waals surface area (Å²) in [5, 5.41) is 20.8. The van der Waals surface area contributed by atoms with Gasteiger partial charge in [-0.3, -0.25) is 15.0 Å². The molecule has 0 amide bonds. The number of rotatable bonds is 4. The zero-order valence-corrected chi connectivity index (χ0v) is 13.8. The van der Waals surface area contributed by atoms with Crippen LogP contribution in [0.25, 0.3) is 0 Å². The van der Waals surface area contributed by atoms with Gasteiger partial charge in [-0.1, -0.05) is 0 Å². The molecule has 0 aromatic heterocycles. The van der Waals surface area contributed by atoms with Gasteiger partial charge >= 0.3 is 0 Å². The lowest BCUT2D eigenvalue weighted by atomic mass is 10.1. The van der Waals surface area contributed by atoms with Crippen molar-refractivity contribution in [2.24, 2.45) is 0 Å². The largest absolute Gasteiger partial charge is 0.392 e. The van der Waals surface area contributed by atoms with Crippen molar-refractivity contribution in [3.63, 3.8) is 0 Å². The highest BCUT2D eigenvalue weighted by atomic mass is 16.6. The maximum atomic E-state index is 11.4. The Morgan fingerprint density at radius 2 is 2.04 bits per heavy atom. The fraction of sp³-hybridized carbons (Fsp3) is 0.647. The SMILES string of the molecule is CC(C)N1C2CCC1CN(c1cc(CO)ccc1[N+](=O)[O-])CC2. The van der Waals surface area contributed by atoms with Crippen molar-refractivity contribution in [1.29, 1.82) is 0 Å². The topological polar surface area (TPSA) is 69.8 Å². The molecule has 126 valence electrons. The minimum Gasteiger partial charge on any atom is -0.392 e. The maximum absolute atomic E-state index is 11.4. The standard InChI is InChI=1S/C17H25N3O3/c1-12(2)19-14-4-5-15(19)10-18(8-7-14)17-9-13(11-21)3-6-16(17)20(22)23/h3,6,9,12,14-15,21H,4-5,7-8,10-11H2,1-2H3. The van der Waals surface area contributed by atoms with Gasteiger partial charge in [-0.2, -0.15) is 0 Å². The highest BCUT2D eigenvalue weighted by Crippen LogP contribution is 2.36. The highest BCUT2D eigenvalue weighted by Gasteiger charge is 2.39. The molecule has 0 aliphatic carbocycles. The predicted molar refractivity (Wildman–Crippen MR) is 89.6 cm³/mol. The molecular weight excluding hydrogens is 294 g/mol. The molecule has 6 heteroatoms. The molecule has 2 saturated heterocycles. The van der Waals surface area contributed by atoms with E-state index in [1.54, 1.807) is 12.1 Å². The number of nitro benzene ring substituents is 1. The molecule has 0 saturated carbocycles. The Kier molecular flexibility index (Phi) is 4.55. The van der Waals surface area contributed by atoms with Crippen LogP contribution < -0.4 is 4.90 Å². The molecule has 3 rings (SSSR count). The first-order valence-corrected chi connectivity index (χ1v) is 8.41. The van der Waals surface area contributed by atoms with Crippen LogP contribution in [0.3, 0.4) is 0 Å². The molecule has 2 aliphatic rings. The van der Waals surface area contributed by atoms with Crippen LogP contribution in [-0.4, -0.2) is 46.1 Å². The fourth-order valence-electron chi connectivity index (χ4n) is 4.25. The summed E-state index contributed by atoms with van der Waals surface area (Å²) in [6, 6.07) is 6.48. The minimum absolute atomic E-state index is 0.0942. The lowest BCUT2D eigenvalue weighted by Gasteiger charge is -2.32. The zero-order valence-electron chi connectivity index (χ0n) is 13.8. The summed E-state index contributed by atoms with van der Waals surface area (Å²) in [6.07, 6.45) is 3.43. The van der Waals surface area contributed by atoms with Crippen LogP contribution in [0.4, 0.5) is 11.4 Å². The Bertz CT molecular complexity index is 590. The van der Waals surface area contributed by atoms with Crippen molar-refractivity contribution in [3.05, 3.63) is 33.9 Å². The van der Waals surface area contributed by atoms with Gasteiger partial charge in [-0.05, 0) is 50.8 Å². The molecule has 2 fully saturated rings. The van der Waals surface area contributed by atoms with Crippen molar-refractivity contribution < 1.29 is 10.0 Å². The Morgan fingerprint density at radius 3 is 2.70 bits per heavy atom. The fourth-order valence-corrected chi connectivity index (χ4v) is 4.25. The van der Waals surface area contributed by atoms with Gasteiger partial charge in [0.15, 0.2) is 0 Å². The van der Waals surface area contributed by atoms with E-state index in [4.69, 9.17) is 0 Å². The van der Waals surface area contributed by atoms with Crippen LogP contribution in [0, 0.1) is 10.1 Å². The number of nitro groups is 1. The normalized spacial score (nSPS) is 25.0. The van der Waals surface area contributed by atoms with Gasteiger partial charge in [-0.25, -0.2) is 0 Å². The van der Waals surface area contributed by atoms with Crippen LogP contribution >= 0.6 is 0 Å². The summed E-state index contributed by atoms with van der Waals surface area (Å²) in [5.41, 5.74) is 1.51. The quantitative estimate of drug-likeness (QED) is 0.682. The number of benzene rings is 1.